The van der Waals surface area contributed by atoms with E-state index in [4.69, 9.17) is 23.2 Å². The van der Waals surface area contributed by atoms with Crippen LogP contribution in [0.4, 0.5) is 0 Å². The molecule has 17 heavy (non-hydrogen) atoms. The summed E-state index contributed by atoms with van der Waals surface area (Å²) in [6.07, 6.45) is 0.830. The SMILES string of the molecule is O=S(=O)(c1ccc(Cl)cc1)N1CCC(CCl)C1. The third-order valence-corrected chi connectivity index (χ3v) is 5.49. The average Bonchev–Trinajstić information content (AvgIpc) is 2.78. The van der Waals surface area contributed by atoms with Gasteiger partial charge in [-0.2, -0.15) is 4.31 Å². The first-order valence-electron chi connectivity index (χ1n) is 5.35. The summed E-state index contributed by atoms with van der Waals surface area (Å²) in [6.45, 7) is 1.05. The number of alkyl halides is 1. The molecule has 1 aliphatic rings. The van der Waals surface area contributed by atoms with Crippen LogP contribution in [0.3, 0.4) is 0 Å². The minimum Gasteiger partial charge on any atom is -0.207 e. The highest BCUT2D eigenvalue weighted by molar-refractivity contribution is 7.89. The Bertz CT molecular complexity index is 487. The van der Waals surface area contributed by atoms with Crippen molar-refractivity contribution in [3.8, 4) is 0 Å². The van der Waals surface area contributed by atoms with Crippen molar-refractivity contribution in [3.05, 3.63) is 29.3 Å². The van der Waals surface area contributed by atoms with Crippen molar-refractivity contribution < 1.29 is 8.42 Å². The zero-order valence-electron chi connectivity index (χ0n) is 9.14. The van der Waals surface area contributed by atoms with Crippen molar-refractivity contribution in [1.82, 2.24) is 4.31 Å². The molecular formula is C11H13Cl2NO2S. The molecule has 0 aromatic heterocycles. The van der Waals surface area contributed by atoms with Crippen molar-refractivity contribution in [2.45, 2.75) is 11.3 Å². The molecule has 3 nitrogen and oxygen atoms in total. The fourth-order valence-corrected chi connectivity index (χ4v) is 3.81. The second-order valence-corrected chi connectivity index (χ2v) is 6.81. The molecule has 1 heterocycles. The normalized spacial score (nSPS) is 21.9. The number of nitrogens with zero attached hydrogens (tertiary/aromatic N) is 1. The van der Waals surface area contributed by atoms with E-state index in [2.05, 4.69) is 0 Å². The summed E-state index contributed by atoms with van der Waals surface area (Å²) in [6, 6.07) is 6.24. The lowest BCUT2D eigenvalue weighted by atomic mass is 10.2. The van der Waals surface area contributed by atoms with E-state index in [1.54, 1.807) is 12.1 Å². The highest BCUT2D eigenvalue weighted by Crippen LogP contribution is 2.25. The number of benzene rings is 1. The highest BCUT2D eigenvalue weighted by Gasteiger charge is 2.31. The number of halogens is 2. The molecule has 1 unspecified atom stereocenters. The van der Waals surface area contributed by atoms with E-state index in [1.807, 2.05) is 0 Å². The zero-order chi connectivity index (χ0) is 12.5. The number of sulfonamides is 1. The Labute approximate surface area is 111 Å². The smallest absolute Gasteiger partial charge is 0.207 e. The van der Waals surface area contributed by atoms with E-state index in [1.165, 1.54) is 16.4 Å². The summed E-state index contributed by atoms with van der Waals surface area (Å²) in [5.74, 6) is 0.769. The standard InChI is InChI=1S/C11H13Cl2NO2S/c12-7-9-5-6-14(8-9)17(15,16)11-3-1-10(13)2-4-11/h1-4,9H,5-8H2. The maximum Gasteiger partial charge on any atom is 0.243 e. The minimum absolute atomic E-state index is 0.263. The molecule has 1 aromatic rings. The first-order chi connectivity index (χ1) is 8.04. The van der Waals surface area contributed by atoms with Crippen LogP contribution in [0.25, 0.3) is 0 Å². The highest BCUT2D eigenvalue weighted by atomic mass is 35.5. The molecule has 0 bridgehead atoms. The Balaban J connectivity index is 2.22. The van der Waals surface area contributed by atoms with Gasteiger partial charge in [-0.1, -0.05) is 11.6 Å². The molecular weight excluding hydrogens is 281 g/mol. The molecule has 1 aromatic carbocycles. The lowest BCUT2D eigenvalue weighted by Gasteiger charge is -2.16. The van der Waals surface area contributed by atoms with Crippen LogP contribution in [0.1, 0.15) is 6.42 Å². The molecule has 1 fully saturated rings. The second kappa shape index (κ2) is 5.14. The molecule has 0 saturated carbocycles. The third-order valence-electron chi connectivity index (χ3n) is 2.92. The van der Waals surface area contributed by atoms with Gasteiger partial charge in [0.05, 0.1) is 4.90 Å². The van der Waals surface area contributed by atoms with Crippen molar-refractivity contribution in [2.75, 3.05) is 19.0 Å². The third kappa shape index (κ3) is 2.76. The molecule has 6 heteroatoms. The van der Waals surface area contributed by atoms with Crippen LogP contribution in [0.2, 0.25) is 5.02 Å². The lowest BCUT2D eigenvalue weighted by molar-refractivity contribution is 0.465. The van der Waals surface area contributed by atoms with E-state index in [0.717, 1.165) is 6.42 Å². The van der Waals surface area contributed by atoms with Gasteiger partial charge in [0.15, 0.2) is 0 Å². The van der Waals surface area contributed by atoms with Gasteiger partial charge in [-0.05, 0) is 36.6 Å². The van der Waals surface area contributed by atoms with Gasteiger partial charge in [0.2, 0.25) is 10.0 Å². The Kier molecular flexibility index (Phi) is 3.98. The summed E-state index contributed by atoms with van der Waals surface area (Å²) >= 11 is 11.5. The second-order valence-electron chi connectivity index (χ2n) is 4.13. The number of hydrogen-bond donors (Lipinski definition) is 0. The first kappa shape index (κ1) is 13.1. The number of rotatable bonds is 3. The molecule has 0 amide bonds. The van der Waals surface area contributed by atoms with Gasteiger partial charge < -0.3 is 0 Å². The van der Waals surface area contributed by atoms with Crippen LogP contribution in [-0.4, -0.2) is 31.7 Å². The van der Waals surface area contributed by atoms with Crippen molar-refractivity contribution in [2.24, 2.45) is 5.92 Å². The van der Waals surface area contributed by atoms with Crippen molar-refractivity contribution in [3.63, 3.8) is 0 Å². The number of hydrogen-bond acceptors (Lipinski definition) is 2. The van der Waals surface area contributed by atoms with E-state index in [9.17, 15) is 8.42 Å². The fourth-order valence-electron chi connectivity index (χ4n) is 1.90. The summed E-state index contributed by atoms with van der Waals surface area (Å²) in [5.41, 5.74) is 0. The Morgan fingerprint density at radius 1 is 1.29 bits per heavy atom. The molecule has 0 N–H and O–H groups in total. The fraction of sp³-hybridized carbons (Fsp3) is 0.455. The van der Waals surface area contributed by atoms with Crippen LogP contribution in [-0.2, 0) is 10.0 Å². The molecule has 94 valence electrons. The first-order valence-corrected chi connectivity index (χ1v) is 7.71. The van der Waals surface area contributed by atoms with Crippen LogP contribution >= 0.6 is 23.2 Å². The Hall–Kier alpha value is -0.290. The van der Waals surface area contributed by atoms with Crippen LogP contribution in [0, 0.1) is 5.92 Å². The summed E-state index contributed by atoms with van der Waals surface area (Å²) in [4.78, 5) is 0.289. The maximum absolute atomic E-state index is 12.2. The molecule has 1 aliphatic heterocycles. The quantitative estimate of drug-likeness (QED) is 0.804. The molecule has 0 aliphatic carbocycles. The largest absolute Gasteiger partial charge is 0.243 e. The molecule has 0 spiro atoms. The summed E-state index contributed by atoms with van der Waals surface area (Å²) in [7, 11) is -3.38. The Morgan fingerprint density at radius 2 is 1.94 bits per heavy atom. The van der Waals surface area contributed by atoms with Crippen LogP contribution < -0.4 is 0 Å². The van der Waals surface area contributed by atoms with E-state index >= 15 is 0 Å². The average molecular weight is 294 g/mol. The van der Waals surface area contributed by atoms with Gasteiger partial charge in [-0.3, -0.25) is 0 Å². The topological polar surface area (TPSA) is 37.4 Å². The summed E-state index contributed by atoms with van der Waals surface area (Å²) in [5, 5.41) is 0.531. The van der Waals surface area contributed by atoms with Gasteiger partial charge in [0, 0.05) is 24.0 Å². The van der Waals surface area contributed by atoms with Gasteiger partial charge >= 0.3 is 0 Å². The Morgan fingerprint density at radius 3 is 2.47 bits per heavy atom. The minimum atomic E-state index is -3.38. The van der Waals surface area contributed by atoms with Crippen LogP contribution in [0.15, 0.2) is 29.2 Å². The molecule has 0 radical (unpaired) electrons. The van der Waals surface area contributed by atoms with Crippen molar-refractivity contribution in [1.29, 1.82) is 0 Å². The van der Waals surface area contributed by atoms with Gasteiger partial charge in [-0.25, -0.2) is 8.42 Å². The lowest BCUT2D eigenvalue weighted by Crippen LogP contribution is -2.29. The van der Waals surface area contributed by atoms with Gasteiger partial charge in [0.25, 0.3) is 0 Å². The van der Waals surface area contributed by atoms with Crippen molar-refractivity contribution >= 4 is 33.2 Å². The summed E-state index contributed by atoms with van der Waals surface area (Å²) < 4.78 is 26.0. The predicted molar refractivity (Wildman–Crippen MR) is 69.0 cm³/mol. The maximum atomic E-state index is 12.2. The van der Waals surface area contributed by atoms with E-state index < -0.39 is 10.0 Å². The monoisotopic (exact) mass is 293 g/mol. The van der Waals surface area contributed by atoms with E-state index in [-0.39, 0.29) is 10.8 Å². The molecule has 1 atom stereocenters. The van der Waals surface area contributed by atoms with Crippen LogP contribution in [0.5, 0.6) is 0 Å². The van der Waals surface area contributed by atoms with E-state index in [0.29, 0.717) is 24.0 Å². The predicted octanol–water partition coefficient (Wildman–Crippen LogP) is 2.59. The van der Waals surface area contributed by atoms with Gasteiger partial charge in [0.1, 0.15) is 0 Å². The zero-order valence-corrected chi connectivity index (χ0v) is 11.5. The molecule has 1 saturated heterocycles. The van der Waals surface area contributed by atoms with Gasteiger partial charge in [-0.15, -0.1) is 11.6 Å². The molecule has 2 rings (SSSR count).